The van der Waals surface area contributed by atoms with Gasteiger partial charge in [0.1, 0.15) is 24.6 Å². The van der Waals surface area contributed by atoms with Crippen LogP contribution < -0.4 is 19.5 Å². The van der Waals surface area contributed by atoms with Gasteiger partial charge in [-0.2, -0.15) is 0 Å². The Morgan fingerprint density at radius 3 is 2.79 bits per heavy atom. The van der Waals surface area contributed by atoms with Gasteiger partial charge in [0.15, 0.2) is 17.3 Å². The number of hydrogen-bond donors (Lipinski definition) is 1. The molecular formula is C22H22N2O5. The summed E-state index contributed by atoms with van der Waals surface area (Å²) >= 11 is 0. The summed E-state index contributed by atoms with van der Waals surface area (Å²) in [6, 6.07) is 12.8. The first kappa shape index (κ1) is 17.8. The Kier molecular flexibility index (Phi) is 4.30. The smallest absolute Gasteiger partial charge is 0.317 e. The van der Waals surface area contributed by atoms with Gasteiger partial charge < -0.3 is 24.4 Å². The number of nitrogens with one attached hydrogen (secondary N) is 1. The molecule has 1 saturated heterocycles. The number of carbonyl (C=O) groups is 2. The van der Waals surface area contributed by atoms with Gasteiger partial charge in [-0.1, -0.05) is 18.2 Å². The highest BCUT2D eigenvalue weighted by atomic mass is 16.6. The number of ketones is 1. The molecule has 2 amide bonds. The summed E-state index contributed by atoms with van der Waals surface area (Å²) < 4.78 is 17.3. The number of amides is 2. The van der Waals surface area contributed by atoms with Crippen molar-refractivity contribution in [2.24, 2.45) is 0 Å². The van der Waals surface area contributed by atoms with Crippen LogP contribution in [0.3, 0.4) is 0 Å². The van der Waals surface area contributed by atoms with Gasteiger partial charge >= 0.3 is 6.03 Å². The van der Waals surface area contributed by atoms with Crippen LogP contribution in [0, 0.1) is 0 Å². The molecule has 7 heteroatoms. The molecule has 150 valence electrons. The molecule has 0 saturated carbocycles. The molecule has 5 rings (SSSR count). The van der Waals surface area contributed by atoms with E-state index in [9.17, 15) is 9.59 Å². The maximum absolute atomic E-state index is 12.7. The number of para-hydroxylation sites is 1. The van der Waals surface area contributed by atoms with Gasteiger partial charge in [-0.3, -0.25) is 4.79 Å². The Morgan fingerprint density at radius 2 is 1.90 bits per heavy atom. The fourth-order valence-electron chi connectivity index (χ4n) is 4.18. The highest BCUT2D eigenvalue weighted by Crippen LogP contribution is 2.38. The second kappa shape index (κ2) is 6.99. The molecule has 1 spiro atoms. The lowest BCUT2D eigenvalue weighted by molar-refractivity contribution is 0.0478. The number of urea groups is 1. The molecule has 29 heavy (non-hydrogen) atoms. The number of rotatable bonds is 2. The molecular weight excluding hydrogens is 372 g/mol. The first-order valence-electron chi connectivity index (χ1n) is 9.84. The molecule has 3 heterocycles. The quantitative estimate of drug-likeness (QED) is 0.848. The second-order valence-corrected chi connectivity index (χ2v) is 7.69. The summed E-state index contributed by atoms with van der Waals surface area (Å²) in [5.41, 5.74) is 0.939. The summed E-state index contributed by atoms with van der Waals surface area (Å²) in [6.07, 6.45) is 0.945. The van der Waals surface area contributed by atoms with Crippen molar-refractivity contribution in [1.82, 2.24) is 10.2 Å². The van der Waals surface area contributed by atoms with Crippen LogP contribution in [-0.4, -0.2) is 48.6 Å². The van der Waals surface area contributed by atoms with Crippen molar-refractivity contribution >= 4 is 11.8 Å². The van der Waals surface area contributed by atoms with Crippen molar-refractivity contribution < 1.29 is 23.8 Å². The summed E-state index contributed by atoms with van der Waals surface area (Å²) in [6.45, 7) is 2.43. The second-order valence-electron chi connectivity index (χ2n) is 7.69. The zero-order chi connectivity index (χ0) is 19.8. The van der Waals surface area contributed by atoms with Crippen LogP contribution in [0.1, 0.15) is 28.8 Å². The van der Waals surface area contributed by atoms with E-state index >= 15 is 0 Å². The number of fused-ring (bicyclic) bond motifs is 2. The van der Waals surface area contributed by atoms with Gasteiger partial charge in [0.05, 0.1) is 18.5 Å². The third-order valence-electron chi connectivity index (χ3n) is 5.65. The molecule has 1 N–H and O–H groups in total. The lowest BCUT2D eigenvalue weighted by Crippen LogP contribution is -2.47. The van der Waals surface area contributed by atoms with Crippen molar-refractivity contribution in [3.05, 3.63) is 53.6 Å². The number of benzene rings is 2. The third kappa shape index (κ3) is 3.37. The highest BCUT2D eigenvalue weighted by molar-refractivity contribution is 6.00. The monoisotopic (exact) mass is 394 g/mol. The van der Waals surface area contributed by atoms with Gasteiger partial charge in [0.2, 0.25) is 0 Å². The minimum atomic E-state index is -0.625. The van der Waals surface area contributed by atoms with E-state index in [0.29, 0.717) is 62.8 Å². The minimum Gasteiger partial charge on any atom is -0.486 e. The molecule has 2 aromatic carbocycles. The number of hydrogen-bond acceptors (Lipinski definition) is 5. The number of likely N-dealkylation sites (tertiary alicyclic amines) is 1. The number of nitrogens with zero attached hydrogens (tertiary/aromatic N) is 1. The van der Waals surface area contributed by atoms with Crippen molar-refractivity contribution in [2.75, 3.05) is 26.3 Å². The van der Waals surface area contributed by atoms with E-state index in [0.717, 1.165) is 11.3 Å². The van der Waals surface area contributed by atoms with Gasteiger partial charge in [0.25, 0.3) is 0 Å². The Labute approximate surface area is 168 Å². The summed E-state index contributed by atoms with van der Waals surface area (Å²) in [4.78, 5) is 26.9. The van der Waals surface area contributed by atoms with Crippen molar-refractivity contribution in [2.45, 2.75) is 25.0 Å². The average molecular weight is 394 g/mol. The highest BCUT2D eigenvalue weighted by Gasteiger charge is 2.46. The van der Waals surface area contributed by atoms with Crippen LogP contribution >= 0.6 is 0 Å². The predicted octanol–water partition coefficient (Wildman–Crippen LogP) is 2.78. The normalized spacial score (nSPS) is 22.2. The van der Waals surface area contributed by atoms with Crippen molar-refractivity contribution in [3.63, 3.8) is 0 Å². The van der Waals surface area contributed by atoms with Crippen LogP contribution in [0.4, 0.5) is 4.79 Å². The van der Waals surface area contributed by atoms with Crippen molar-refractivity contribution in [1.29, 1.82) is 0 Å². The van der Waals surface area contributed by atoms with Crippen LogP contribution in [0.5, 0.6) is 17.2 Å². The fraction of sp³-hybridized carbons (Fsp3) is 0.364. The zero-order valence-corrected chi connectivity index (χ0v) is 16.0. The summed E-state index contributed by atoms with van der Waals surface area (Å²) in [7, 11) is 0. The van der Waals surface area contributed by atoms with Crippen LogP contribution in [0.25, 0.3) is 0 Å². The minimum absolute atomic E-state index is 0.0744. The van der Waals surface area contributed by atoms with Crippen LogP contribution in [0.2, 0.25) is 0 Å². The molecule has 2 aromatic rings. The Morgan fingerprint density at radius 1 is 1.07 bits per heavy atom. The SMILES string of the molecule is O=C1CC2(CCN(C(=O)NCc3ccc4c(c3)OCCO4)C2)Oc2ccccc21. The average Bonchev–Trinajstić information content (AvgIpc) is 3.15. The summed E-state index contributed by atoms with van der Waals surface area (Å²) in [5.74, 6) is 2.12. The van der Waals surface area contributed by atoms with E-state index in [1.807, 2.05) is 36.4 Å². The largest absolute Gasteiger partial charge is 0.486 e. The first-order valence-corrected chi connectivity index (χ1v) is 9.84. The van der Waals surface area contributed by atoms with E-state index in [1.54, 1.807) is 11.0 Å². The van der Waals surface area contributed by atoms with Crippen LogP contribution in [0.15, 0.2) is 42.5 Å². The van der Waals surface area contributed by atoms with E-state index in [2.05, 4.69) is 5.32 Å². The maximum Gasteiger partial charge on any atom is 0.317 e. The number of ether oxygens (including phenoxy) is 3. The van der Waals surface area contributed by atoms with Gasteiger partial charge in [-0.25, -0.2) is 4.79 Å². The van der Waals surface area contributed by atoms with Crippen molar-refractivity contribution in [3.8, 4) is 17.2 Å². The Hall–Kier alpha value is -3.22. The number of carbonyl (C=O) groups excluding carboxylic acids is 2. The first-order chi connectivity index (χ1) is 14.1. The molecule has 0 aliphatic carbocycles. The third-order valence-corrected chi connectivity index (χ3v) is 5.65. The summed E-state index contributed by atoms with van der Waals surface area (Å²) in [5, 5.41) is 2.95. The van der Waals surface area contributed by atoms with Gasteiger partial charge in [-0.05, 0) is 29.8 Å². The van der Waals surface area contributed by atoms with E-state index < -0.39 is 5.60 Å². The molecule has 7 nitrogen and oxygen atoms in total. The molecule has 1 fully saturated rings. The lowest BCUT2D eigenvalue weighted by atomic mass is 9.89. The standard InChI is InChI=1S/C22H22N2O5/c25-17-12-22(29-18-4-2-1-3-16(17)18)7-8-24(14-22)21(26)23-13-15-5-6-19-20(11-15)28-10-9-27-19/h1-6,11H,7-10,12-14H2,(H,23,26). The Bertz CT molecular complexity index is 975. The molecule has 1 unspecified atom stereocenters. The molecule has 1 atom stereocenters. The predicted molar refractivity (Wildman–Crippen MR) is 105 cm³/mol. The zero-order valence-electron chi connectivity index (χ0n) is 16.0. The lowest BCUT2D eigenvalue weighted by Gasteiger charge is -2.34. The maximum atomic E-state index is 12.7. The molecule has 0 radical (unpaired) electrons. The molecule has 3 aliphatic rings. The molecule has 0 bridgehead atoms. The van der Waals surface area contributed by atoms with E-state index in [1.165, 1.54) is 0 Å². The topological polar surface area (TPSA) is 77.1 Å². The van der Waals surface area contributed by atoms with Gasteiger partial charge in [0, 0.05) is 19.5 Å². The van der Waals surface area contributed by atoms with E-state index in [-0.39, 0.29) is 11.8 Å². The molecule has 3 aliphatic heterocycles. The Balaban J connectivity index is 1.22. The van der Waals surface area contributed by atoms with Crippen LogP contribution in [-0.2, 0) is 6.54 Å². The fourth-order valence-corrected chi connectivity index (χ4v) is 4.18. The van der Waals surface area contributed by atoms with Gasteiger partial charge in [-0.15, -0.1) is 0 Å². The molecule has 0 aromatic heterocycles. The number of Topliss-reactive ketones (excluding diaryl/α,β-unsaturated/α-hetero) is 1. The van der Waals surface area contributed by atoms with E-state index in [4.69, 9.17) is 14.2 Å².